The second-order valence-corrected chi connectivity index (χ2v) is 11.7. The number of aromatic nitrogens is 2. The van der Waals surface area contributed by atoms with Gasteiger partial charge in [-0.3, -0.25) is 4.79 Å². The summed E-state index contributed by atoms with van der Waals surface area (Å²) in [6.45, 7) is 6.83. The van der Waals surface area contributed by atoms with Crippen LogP contribution in [0.2, 0.25) is 0 Å². The van der Waals surface area contributed by atoms with Crippen molar-refractivity contribution in [3.8, 4) is 11.5 Å². The first kappa shape index (κ1) is 27.7. The van der Waals surface area contributed by atoms with E-state index >= 15 is 0 Å². The minimum atomic E-state index is -0.519. The van der Waals surface area contributed by atoms with Crippen LogP contribution in [-0.2, 0) is 14.3 Å². The number of hydrogen-bond acceptors (Lipinski definition) is 10. The van der Waals surface area contributed by atoms with Crippen molar-refractivity contribution in [2.45, 2.75) is 50.0 Å². The van der Waals surface area contributed by atoms with Crippen LogP contribution in [-0.4, -0.2) is 58.5 Å². The zero-order valence-corrected chi connectivity index (χ0v) is 23.6. The molecule has 1 amide bonds. The fourth-order valence-corrected chi connectivity index (χ4v) is 5.39. The van der Waals surface area contributed by atoms with Gasteiger partial charge in [0.1, 0.15) is 11.4 Å². The van der Waals surface area contributed by atoms with Crippen molar-refractivity contribution in [3.05, 3.63) is 53.7 Å². The number of nitrogens with one attached hydrogen (secondary N) is 1. The molecule has 1 atom stereocenters. The third-order valence-electron chi connectivity index (χ3n) is 5.61. The number of nitrogens with zero attached hydrogens (tertiary/aromatic N) is 3. The molecule has 1 unspecified atom stereocenters. The number of carbonyl (C=O) groups is 2. The summed E-state index contributed by atoms with van der Waals surface area (Å²) in [5.41, 5.74) is 0.415. The van der Waals surface area contributed by atoms with Crippen LogP contribution in [0.3, 0.4) is 0 Å². The van der Waals surface area contributed by atoms with Crippen molar-refractivity contribution in [2.75, 3.05) is 31.3 Å². The molecule has 3 heterocycles. The van der Waals surface area contributed by atoms with Gasteiger partial charge in [0, 0.05) is 41.2 Å². The number of rotatable bonds is 9. The second-order valence-electron chi connectivity index (χ2n) is 9.72. The van der Waals surface area contributed by atoms with Crippen molar-refractivity contribution >= 4 is 46.1 Å². The number of carbonyl (C=O) groups excluding carboxylic acids is 2. The quantitative estimate of drug-likeness (QED) is 0.235. The van der Waals surface area contributed by atoms with Crippen LogP contribution in [0, 0.1) is 0 Å². The normalized spacial score (nSPS) is 15.3. The Labute approximate surface area is 230 Å². The van der Waals surface area contributed by atoms with Crippen LogP contribution in [0.4, 0.5) is 15.7 Å². The van der Waals surface area contributed by atoms with Gasteiger partial charge in [0.15, 0.2) is 16.7 Å². The van der Waals surface area contributed by atoms with Crippen molar-refractivity contribution in [1.82, 2.24) is 14.9 Å². The zero-order chi connectivity index (χ0) is 27.1. The Morgan fingerprint density at radius 1 is 1.24 bits per heavy atom. The molecule has 1 fully saturated rings. The number of methoxy groups -OCH3 is 1. The SMILES string of the molecule is COC(=O)CCSc1cnc(Nc2nc(C3CCN(C(=O)OC(C)(C)C)C3)cs2)c(Oc2ccccc2)c1. The van der Waals surface area contributed by atoms with E-state index in [1.807, 2.05) is 62.5 Å². The molecular weight excluding hydrogens is 524 g/mol. The Bertz CT molecular complexity index is 1250. The zero-order valence-electron chi connectivity index (χ0n) is 21.9. The van der Waals surface area contributed by atoms with Gasteiger partial charge in [0.05, 0.1) is 19.2 Å². The first-order chi connectivity index (χ1) is 18.2. The van der Waals surface area contributed by atoms with E-state index < -0.39 is 5.60 Å². The molecule has 11 heteroatoms. The fourth-order valence-electron chi connectivity index (χ4n) is 3.77. The summed E-state index contributed by atoms with van der Waals surface area (Å²) in [6.07, 6.45) is 2.60. The molecule has 1 N–H and O–H groups in total. The molecule has 9 nitrogen and oxygen atoms in total. The fraction of sp³-hybridized carbons (Fsp3) is 0.407. The standard InChI is InChI=1S/C27H32N4O5S2/c1-27(2,3)36-26(33)31-12-10-18(16-31)21-17-38-25(29-21)30-24-22(35-19-8-6-5-7-9-19)14-20(15-28-24)37-13-11-23(32)34-4/h5-9,14-15,17-18H,10-13,16H2,1-4H3,(H,28,29,30). The molecule has 1 saturated heterocycles. The minimum absolute atomic E-state index is 0.149. The Hall–Kier alpha value is -3.31. The maximum absolute atomic E-state index is 12.4. The predicted octanol–water partition coefficient (Wildman–Crippen LogP) is 6.45. The monoisotopic (exact) mass is 556 g/mol. The topological polar surface area (TPSA) is 103 Å². The number of pyridine rings is 1. The number of thioether (sulfide) groups is 1. The minimum Gasteiger partial charge on any atom is -0.469 e. The van der Waals surface area contributed by atoms with E-state index in [1.165, 1.54) is 30.2 Å². The highest BCUT2D eigenvalue weighted by molar-refractivity contribution is 7.99. The van der Waals surface area contributed by atoms with Crippen molar-refractivity contribution in [1.29, 1.82) is 0 Å². The lowest BCUT2D eigenvalue weighted by Crippen LogP contribution is -2.35. The number of ether oxygens (including phenoxy) is 3. The smallest absolute Gasteiger partial charge is 0.410 e. The van der Waals surface area contributed by atoms with Crippen LogP contribution < -0.4 is 10.1 Å². The molecule has 2 aromatic heterocycles. The maximum atomic E-state index is 12.4. The molecule has 0 bridgehead atoms. The molecule has 3 aromatic rings. The van der Waals surface area contributed by atoms with E-state index in [4.69, 9.17) is 19.2 Å². The van der Waals surface area contributed by atoms with E-state index in [9.17, 15) is 9.59 Å². The van der Waals surface area contributed by atoms with Gasteiger partial charge in [0.25, 0.3) is 0 Å². The van der Waals surface area contributed by atoms with E-state index in [0.29, 0.717) is 47.7 Å². The molecule has 1 aliphatic rings. The molecule has 1 aliphatic heterocycles. The number of benzene rings is 1. The van der Waals surface area contributed by atoms with Gasteiger partial charge in [-0.15, -0.1) is 23.1 Å². The predicted molar refractivity (Wildman–Crippen MR) is 149 cm³/mol. The number of hydrogen-bond donors (Lipinski definition) is 1. The van der Waals surface area contributed by atoms with E-state index in [-0.39, 0.29) is 18.0 Å². The first-order valence-electron chi connectivity index (χ1n) is 12.3. The van der Waals surface area contributed by atoms with Crippen LogP contribution >= 0.6 is 23.1 Å². The highest BCUT2D eigenvalue weighted by Gasteiger charge is 2.31. The number of likely N-dealkylation sites (tertiary alicyclic amines) is 1. The van der Waals surface area contributed by atoms with Crippen molar-refractivity contribution < 1.29 is 23.8 Å². The average Bonchev–Trinajstić information content (AvgIpc) is 3.55. The Balaban J connectivity index is 1.45. The Kier molecular flexibility index (Phi) is 9.11. The highest BCUT2D eigenvalue weighted by Crippen LogP contribution is 2.36. The number of amides is 1. The van der Waals surface area contributed by atoms with E-state index in [0.717, 1.165) is 17.0 Å². The van der Waals surface area contributed by atoms with Crippen LogP contribution in [0.5, 0.6) is 11.5 Å². The molecular formula is C27H32N4O5S2. The van der Waals surface area contributed by atoms with Gasteiger partial charge in [0.2, 0.25) is 0 Å². The number of thiazole rings is 1. The van der Waals surface area contributed by atoms with Gasteiger partial charge in [-0.05, 0) is 45.4 Å². The van der Waals surface area contributed by atoms with Crippen molar-refractivity contribution in [2.24, 2.45) is 0 Å². The number of para-hydroxylation sites is 1. The molecule has 0 spiro atoms. The van der Waals surface area contributed by atoms with Gasteiger partial charge in [-0.25, -0.2) is 14.8 Å². The lowest BCUT2D eigenvalue weighted by atomic mass is 10.1. The number of anilines is 2. The molecule has 0 aliphatic carbocycles. The van der Waals surface area contributed by atoms with E-state index in [2.05, 4.69) is 10.3 Å². The third-order valence-corrected chi connectivity index (χ3v) is 7.35. The van der Waals surface area contributed by atoms with Crippen molar-refractivity contribution in [3.63, 3.8) is 0 Å². The van der Waals surface area contributed by atoms with Gasteiger partial charge in [-0.2, -0.15) is 0 Å². The molecule has 202 valence electrons. The highest BCUT2D eigenvalue weighted by atomic mass is 32.2. The Morgan fingerprint density at radius 3 is 2.76 bits per heavy atom. The summed E-state index contributed by atoms with van der Waals surface area (Å²) >= 11 is 2.98. The average molecular weight is 557 g/mol. The summed E-state index contributed by atoms with van der Waals surface area (Å²) in [6, 6.07) is 11.4. The summed E-state index contributed by atoms with van der Waals surface area (Å²) in [5, 5.41) is 6.00. The van der Waals surface area contributed by atoms with E-state index in [1.54, 1.807) is 11.1 Å². The van der Waals surface area contributed by atoms with Gasteiger partial charge in [-0.1, -0.05) is 18.2 Å². The summed E-state index contributed by atoms with van der Waals surface area (Å²) in [5.74, 6) is 2.24. The second kappa shape index (κ2) is 12.5. The molecule has 0 radical (unpaired) electrons. The Morgan fingerprint density at radius 2 is 2.03 bits per heavy atom. The largest absolute Gasteiger partial charge is 0.469 e. The third kappa shape index (κ3) is 7.84. The lowest BCUT2D eigenvalue weighted by Gasteiger charge is -2.24. The summed E-state index contributed by atoms with van der Waals surface area (Å²) in [4.78, 5) is 35.9. The maximum Gasteiger partial charge on any atom is 0.410 e. The molecule has 1 aromatic carbocycles. The summed E-state index contributed by atoms with van der Waals surface area (Å²) < 4.78 is 16.4. The van der Waals surface area contributed by atoms with Gasteiger partial charge < -0.3 is 24.4 Å². The lowest BCUT2D eigenvalue weighted by molar-refractivity contribution is -0.140. The summed E-state index contributed by atoms with van der Waals surface area (Å²) in [7, 11) is 1.38. The molecule has 38 heavy (non-hydrogen) atoms. The molecule has 0 saturated carbocycles. The molecule has 4 rings (SSSR count). The van der Waals surface area contributed by atoms with Crippen LogP contribution in [0.1, 0.15) is 45.2 Å². The van der Waals surface area contributed by atoms with Gasteiger partial charge >= 0.3 is 12.1 Å². The van der Waals surface area contributed by atoms with Crippen LogP contribution in [0.15, 0.2) is 52.9 Å². The number of esters is 1. The van der Waals surface area contributed by atoms with Crippen LogP contribution in [0.25, 0.3) is 0 Å². The first-order valence-corrected chi connectivity index (χ1v) is 14.2.